The summed E-state index contributed by atoms with van der Waals surface area (Å²) in [7, 11) is 0. The number of nitrogens with zero attached hydrogens (tertiary/aromatic N) is 3. The normalized spacial score (nSPS) is 17.6. The summed E-state index contributed by atoms with van der Waals surface area (Å²) >= 11 is 0. The van der Waals surface area contributed by atoms with Gasteiger partial charge in [-0.1, -0.05) is 20.8 Å². The van der Waals surface area contributed by atoms with Crippen LogP contribution < -0.4 is 16.2 Å². The Kier molecular flexibility index (Phi) is 3.94. The Hall–Kier alpha value is -1.36. The lowest BCUT2D eigenvalue weighted by molar-refractivity contribution is 0.198. The number of aromatic nitrogens is 2. The molecule has 1 fully saturated rings. The van der Waals surface area contributed by atoms with Gasteiger partial charge in [0.15, 0.2) is 0 Å². The topological polar surface area (TPSA) is 67.1 Å². The maximum Gasteiger partial charge on any atom is 0.148 e. The van der Waals surface area contributed by atoms with Crippen LogP contribution in [-0.2, 0) is 0 Å². The van der Waals surface area contributed by atoms with Crippen LogP contribution in [0.5, 0.6) is 0 Å². The van der Waals surface area contributed by atoms with Crippen LogP contribution >= 0.6 is 0 Å². The van der Waals surface area contributed by atoms with Crippen molar-refractivity contribution >= 4 is 11.6 Å². The van der Waals surface area contributed by atoms with Crippen LogP contribution in [0, 0.1) is 18.3 Å². The van der Waals surface area contributed by atoms with Crippen molar-refractivity contribution in [2.24, 2.45) is 17.2 Å². The highest BCUT2D eigenvalue weighted by Crippen LogP contribution is 2.36. The number of piperidine rings is 1. The fourth-order valence-corrected chi connectivity index (χ4v) is 2.86. The van der Waals surface area contributed by atoms with Gasteiger partial charge >= 0.3 is 0 Å². The molecule has 2 heterocycles. The van der Waals surface area contributed by atoms with E-state index in [1.807, 2.05) is 6.92 Å². The smallest absolute Gasteiger partial charge is 0.148 e. The second-order valence-electron chi connectivity index (χ2n) is 6.44. The van der Waals surface area contributed by atoms with Crippen molar-refractivity contribution in [2.45, 2.75) is 40.5 Å². The van der Waals surface area contributed by atoms with Gasteiger partial charge < -0.3 is 10.3 Å². The molecule has 106 valence electrons. The third-order valence-electron chi connectivity index (χ3n) is 4.21. The fraction of sp³-hybridized carbons (Fsp3) is 0.714. The summed E-state index contributed by atoms with van der Waals surface area (Å²) < 4.78 is 0. The predicted octanol–water partition coefficient (Wildman–Crippen LogP) is 2.33. The van der Waals surface area contributed by atoms with Crippen molar-refractivity contribution in [3.63, 3.8) is 0 Å². The fourth-order valence-electron chi connectivity index (χ4n) is 2.86. The van der Waals surface area contributed by atoms with Crippen LogP contribution in [0.1, 0.15) is 39.2 Å². The third kappa shape index (κ3) is 2.97. The minimum atomic E-state index is 0.400. The molecule has 0 aromatic carbocycles. The zero-order chi connectivity index (χ0) is 14.0. The van der Waals surface area contributed by atoms with Gasteiger partial charge in [-0.15, -0.1) is 0 Å². The maximum atomic E-state index is 5.47. The molecule has 0 atom stereocenters. The zero-order valence-electron chi connectivity index (χ0n) is 12.4. The monoisotopic (exact) mass is 263 g/mol. The number of hydrazine groups is 1. The summed E-state index contributed by atoms with van der Waals surface area (Å²) in [5, 5.41) is 0. The Balaban J connectivity index is 2.10. The second kappa shape index (κ2) is 5.33. The van der Waals surface area contributed by atoms with E-state index in [0.717, 1.165) is 30.4 Å². The van der Waals surface area contributed by atoms with Gasteiger partial charge in [0.2, 0.25) is 0 Å². The highest BCUT2D eigenvalue weighted by Gasteiger charge is 2.29. The van der Waals surface area contributed by atoms with Crippen molar-refractivity contribution in [1.29, 1.82) is 0 Å². The Morgan fingerprint density at radius 1 is 1.26 bits per heavy atom. The van der Waals surface area contributed by atoms with Crippen LogP contribution in [0.25, 0.3) is 0 Å². The number of hydrogen-bond acceptors (Lipinski definition) is 5. The molecule has 0 saturated carbocycles. The van der Waals surface area contributed by atoms with E-state index in [2.05, 4.69) is 41.1 Å². The largest absolute Gasteiger partial charge is 0.356 e. The van der Waals surface area contributed by atoms with Crippen LogP contribution in [0.4, 0.5) is 11.6 Å². The molecule has 3 N–H and O–H groups in total. The number of nitrogens with one attached hydrogen (secondary N) is 1. The lowest BCUT2D eigenvalue weighted by Crippen LogP contribution is -2.38. The van der Waals surface area contributed by atoms with Gasteiger partial charge in [0.25, 0.3) is 0 Å². The maximum absolute atomic E-state index is 5.47. The molecule has 0 amide bonds. The van der Waals surface area contributed by atoms with Gasteiger partial charge in [0.1, 0.15) is 18.0 Å². The second-order valence-corrected chi connectivity index (χ2v) is 6.44. The predicted molar refractivity (Wildman–Crippen MR) is 79.0 cm³/mol. The molecule has 1 aromatic rings. The molecule has 5 nitrogen and oxygen atoms in total. The molecule has 0 aliphatic carbocycles. The average Bonchev–Trinajstić information content (AvgIpc) is 2.38. The SMILES string of the molecule is Cc1c(NN)ncnc1N1CCC(C(C)(C)C)CC1. The van der Waals surface area contributed by atoms with Crippen molar-refractivity contribution in [3.05, 3.63) is 11.9 Å². The first-order chi connectivity index (χ1) is 8.93. The van der Waals surface area contributed by atoms with E-state index in [0.29, 0.717) is 11.2 Å². The molecule has 1 aliphatic rings. The van der Waals surface area contributed by atoms with E-state index in [1.54, 1.807) is 6.33 Å². The van der Waals surface area contributed by atoms with Gasteiger partial charge in [-0.2, -0.15) is 0 Å². The van der Waals surface area contributed by atoms with E-state index in [4.69, 9.17) is 5.84 Å². The van der Waals surface area contributed by atoms with Crippen molar-refractivity contribution in [2.75, 3.05) is 23.4 Å². The molecular formula is C14H25N5. The summed E-state index contributed by atoms with van der Waals surface area (Å²) in [5.41, 5.74) is 4.06. The first kappa shape index (κ1) is 14.1. The number of hydrogen-bond donors (Lipinski definition) is 2. The Labute approximate surface area is 115 Å². The van der Waals surface area contributed by atoms with Gasteiger partial charge in [-0.05, 0) is 31.1 Å². The van der Waals surface area contributed by atoms with Crippen molar-refractivity contribution in [1.82, 2.24) is 9.97 Å². The lowest BCUT2D eigenvalue weighted by Gasteiger charge is -2.39. The quantitative estimate of drug-likeness (QED) is 0.633. The summed E-state index contributed by atoms with van der Waals surface area (Å²) in [5.74, 6) is 7.98. The number of rotatable bonds is 2. The van der Waals surface area contributed by atoms with Crippen LogP contribution in [-0.4, -0.2) is 23.1 Å². The highest BCUT2D eigenvalue weighted by atomic mass is 15.3. The molecule has 0 bridgehead atoms. The molecule has 1 aliphatic heterocycles. The minimum Gasteiger partial charge on any atom is -0.356 e. The highest BCUT2D eigenvalue weighted by molar-refractivity contribution is 5.57. The zero-order valence-corrected chi connectivity index (χ0v) is 12.4. The number of anilines is 2. The summed E-state index contributed by atoms with van der Waals surface area (Å²) in [4.78, 5) is 10.9. The van der Waals surface area contributed by atoms with Crippen LogP contribution in [0.15, 0.2) is 6.33 Å². The standard InChI is InChI=1S/C14H25N5/c1-10-12(18-15)16-9-17-13(10)19-7-5-11(6-8-19)14(2,3)4/h9,11H,5-8,15H2,1-4H3,(H,16,17,18). The molecule has 0 unspecified atom stereocenters. The van der Waals surface area contributed by atoms with E-state index in [-0.39, 0.29) is 0 Å². The van der Waals surface area contributed by atoms with Gasteiger partial charge in [-0.3, -0.25) is 0 Å². The van der Waals surface area contributed by atoms with E-state index in [9.17, 15) is 0 Å². The van der Waals surface area contributed by atoms with Gasteiger partial charge in [0.05, 0.1) is 0 Å². The van der Waals surface area contributed by atoms with Gasteiger partial charge in [-0.25, -0.2) is 15.8 Å². The molecule has 19 heavy (non-hydrogen) atoms. The molecule has 1 saturated heterocycles. The molecule has 2 rings (SSSR count). The summed E-state index contributed by atoms with van der Waals surface area (Å²) in [6.07, 6.45) is 4.02. The number of nitrogen functional groups attached to an aromatic ring is 1. The first-order valence-electron chi connectivity index (χ1n) is 6.96. The Morgan fingerprint density at radius 3 is 2.42 bits per heavy atom. The molecular weight excluding hydrogens is 238 g/mol. The molecule has 0 radical (unpaired) electrons. The molecule has 0 spiro atoms. The molecule has 5 heteroatoms. The summed E-state index contributed by atoms with van der Waals surface area (Å²) in [6.45, 7) is 11.1. The Morgan fingerprint density at radius 2 is 1.89 bits per heavy atom. The van der Waals surface area contributed by atoms with E-state index in [1.165, 1.54) is 12.8 Å². The number of nitrogens with two attached hydrogens (primary N) is 1. The molecule has 1 aromatic heterocycles. The van der Waals surface area contributed by atoms with E-state index < -0.39 is 0 Å². The van der Waals surface area contributed by atoms with Crippen molar-refractivity contribution in [3.8, 4) is 0 Å². The van der Waals surface area contributed by atoms with Crippen LogP contribution in [0.2, 0.25) is 0 Å². The average molecular weight is 263 g/mol. The van der Waals surface area contributed by atoms with Crippen LogP contribution in [0.3, 0.4) is 0 Å². The first-order valence-corrected chi connectivity index (χ1v) is 6.96. The summed E-state index contributed by atoms with van der Waals surface area (Å²) in [6, 6.07) is 0. The van der Waals surface area contributed by atoms with E-state index >= 15 is 0 Å². The lowest BCUT2D eigenvalue weighted by atomic mass is 9.75. The Bertz CT molecular complexity index is 430. The van der Waals surface area contributed by atoms with Gasteiger partial charge in [0, 0.05) is 18.7 Å². The van der Waals surface area contributed by atoms with Crippen molar-refractivity contribution < 1.29 is 0 Å². The minimum absolute atomic E-state index is 0.400. The third-order valence-corrected chi connectivity index (χ3v) is 4.21.